The molecule has 0 spiro atoms. The standard InChI is InChI=1S/C18H15N5/c1-3-5-13(4-2)17-22-16-8-11-20-12-15(16)18(23-17)21-14-6-9-19-10-7-14/h3-12H,1-2H2,(H,19,21,22,23)/b13-5+. The third-order valence-electron chi connectivity index (χ3n) is 3.22. The molecule has 3 aromatic rings. The van der Waals surface area contributed by atoms with Crippen molar-refractivity contribution in [2.45, 2.75) is 0 Å². The van der Waals surface area contributed by atoms with Gasteiger partial charge >= 0.3 is 0 Å². The first-order valence-corrected chi connectivity index (χ1v) is 7.06. The van der Waals surface area contributed by atoms with Gasteiger partial charge in [-0.3, -0.25) is 9.97 Å². The van der Waals surface area contributed by atoms with Gasteiger partial charge in [-0.2, -0.15) is 0 Å². The van der Waals surface area contributed by atoms with Gasteiger partial charge in [0.15, 0.2) is 5.82 Å². The van der Waals surface area contributed by atoms with Crippen LogP contribution in [0.25, 0.3) is 16.5 Å². The van der Waals surface area contributed by atoms with Gasteiger partial charge in [-0.1, -0.05) is 31.4 Å². The van der Waals surface area contributed by atoms with Crippen molar-refractivity contribution in [2.75, 3.05) is 5.32 Å². The topological polar surface area (TPSA) is 63.6 Å². The molecule has 0 aliphatic heterocycles. The number of allylic oxidation sites excluding steroid dienone is 4. The molecular weight excluding hydrogens is 286 g/mol. The average molecular weight is 301 g/mol. The molecule has 5 heteroatoms. The summed E-state index contributed by atoms with van der Waals surface area (Å²) in [4.78, 5) is 17.4. The van der Waals surface area contributed by atoms with E-state index in [1.165, 1.54) is 0 Å². The first-order chi connectivity index (χ1) is 11.3. The summed E-state index contributed by atoms with van der Waals surface area (Å²) in [6.07, 6.45) is 12.1. The Labute approximate surface area is 134 Å². The number of hydrogen-bond donors (Lipinski definition) is 1. The van der Waals surface area contributed by atoms with Crippen LogP contribution < -0.4 is 5.32 Å². The van der Waals surface area contributed by atoms with E-state index in [1.54, 1.807) is 36.9 Å². The van der Waals surface area contributed by atoms with Crippen molar-refractivity contribution < 1.29 is 0 Å². The van der Waals surface area contributed by atoms with E-state index >= 15 is 0 Å². The van der Waals surface area contributed by atoms with Crippen LogP contribution in [0.1, 0.15) is 5.82 Å². The van der Waals surface area contributed by atoms with Gasteiger partial charge in [-0.05, 0) is 18.2 Å². The highest BCUT2D eigenvalue weighted by Gasteiger charge is 2.10. The number of pyridine rings is 2. The minimum absolute atomic E-state index is 0.579. The van der Waals surface area contributed by atoms with Crippen molar-refractivity contribution >= 4 is 28.0 Å². The Balaban J connectivity index is 2.16. The molecule has 0 bridgehead atoms. The molecule has 1 N–H and O–H groups in total. The Morgan fingerprint density at radius 1 is 1.00 bits per heavy atom. The van der Waals surface area contributed by atoms with Crippen molar-refractivity contribution in [3.05, 3.63) is 80.2 Å². The van der Waals surface area contributed by atoms with E-state index in [9.17, 15) is 0 Å². The van der Waals surface area contributed by atoms with Crippen molar-refractivity contribution in [3.8, 4) is 0 Å². The van der Waals surface area contributed by atoms with Crippen LogP contribution in [-0.4, -0.2) is 19.9 Å². The fourth-order valence-corrected chi connectivity index (χ4v) is 2.13. The zero-order chi connectivity index (χ0) is 16.1. The Bertz CT molecular complexity index is 884. The van der Waals surface area contributed by atoms with Gasteiger partial charge in [0.25, 0.3) is 0 Å². The number of rotatable bonds is 5. The van der Waals surface area contributed by atoms with Crippen LogP contribution in [0.2, 0.25) is 0 Å². The molecule has 3 rings (SSSR count). The van der Waals surface area contributed by atoms with Gasteiger partial charge in [-0.25, -0.2) is 9.97 Å². The lowest BCUT2D eigenvalue weighted by Crippen LogP contribution is -2.01. The van der Waals surface area contributed by atoms with Gasteiger partial charge in [0.2, 0.25) is 0 Å². The smallest absolute Gasteiger partial charge is 0.162 e. The molecular formula is C18H15N5. The lowest BCUT2D eigenvalue weighted by molar-refractivity contribution is 1.16. The monoisotopic (exact) mass is 301 g/mol. The van der Waals surface area contributed by atoms with E-state index in [4.69, 9.17) is 0 Å². The van der Waals surface area contributed by atoms with E-state index in [0.29, 0.717) is 11.6 Å². The maximum atomic E-state index is 4.62. The normalized spacial score (nSPS) is 11.2. The van der Waals surface area contributed by atoms with Crippen molar-refractivity contribution in [2.24, 2.45) is 0 Å². The first kappa shape index (κ1) is 14.6. The molecule has 0 saturated heterocycles. The van der Waals surface area contributed by atoms with Crippen LogP contribution in [0, 0.1) is 0 Å². The molecule has 0 fully saturated rings. The molecule has 5 nitrogen and oxygen atoms in total. The van der Waals surface area contributed by atoms with Crippen molar-refractivity contribution in [1.82, 2.24) is 19.9 Å². The zero-order valence-corrected chi connectivity index (χ0v) is 12.5. The molecule has 0 atom stereocenters. The van der Waals surface area contributed by atoms with Gasteiger partial charge in [0.1, 0.15) is 5.82 Å². The Kier molecular flexibility index (Phi) is 4.20. The van der Waals surface area contributed by atoms with Gasteiger partial charge in [0.05, 0.1) is 10.9 Å². The predicted octanol–water partition coefficient (Wildman–Crippen LogP) is 3.92. The zero-order valence-electron chi connectivity index (χ0n) is 12.5. The van der Waals surface area contributed by atoms with Crippen LogP contribution in [0.4, 0.5) is 11.5 Å². The second-order valence-electron chi connectivity index (χ2n) is 4.71. The van der Waals surface area contributed by atoms with Crippen LogP contribution in [0.3, 0.4) is 0 Å². The number of nitrogens with zero attached hydrogens (tertiary/aromatic N) is 4. The Morgan fingerprint density at radius 2 is 1.78 bits per heavy atom. The molecule has 23 heavy (non-hydrogen) atoms. The summed E-state index contributed by atoms with van der Waals surface area (Å²) in [5.41, 5.74) is 2.50. The van der Waals surface area contributed by atoms with Gasteiger partial charge < -0.3 is 5.32 Å². The Hall–Kier alpha value is -3.34. The fraction of sp³-hybridized carbons (Fsp3) is 0. The second kappa shape index (κ2) is 6.62. The van der Waals surface area contributed by atoms with E-state index in [2.05, 4.69) is 38.4 Å². The van der Waals surface area contributed by atoms with Crippen LogP contribution >= 0.6 is 0 Å². The average Bonchev–Trinajstić information content (AvgIpc) is 2.60. The summed E-state index contributed by atoms with van der Waals surface area (Å²) in [5, 5.41) is 4.13. The summed E-state index contributed by atoms with van der Waals surface area (Å²) >= 11 is 0. The van der Waals surface area contributed by atoms with Gasteiger partial charge in [-0.15, -0.1) is 0 Å². The summed E-state index contributed by atoms with van der Waals surface area (Å²) in [5.74, 6) is 1.26. The summed E-state index contributed by atoms with van der Waals surface area (Å²) < 4.78 is 0. The minimum Gasteiger partial charge on any atom is -0.339 e. The van der Waals surface area contributed by atoms with E-state index in [0.717, 1.165) is 22.2 Å². The molecule has 0 aliphatic carbocycles. The summed E-state index contributed by atoms with van der Waals surface area (Å²) in [7, 11) is 0. The molecule has 3 aromatic heterocycles. The quantitative estimate of drug-likeness (QED) is 0.724. The first-order valence-electron chi connectivity index (χ1n) is 7.06. The van der Waals surface area contributed by atoms with Crippen LogP contribution in [-0.2, 0) is 0 Å². The number of anilines is 2. The molecule has 0 saturated carbocycles. The SMILES string of the molecule is C=C/C=C(\C=C)c1nc(Nc2ccncc2)c2cnccc2n1. The number of hydrogen-bond acceptors (Lipinski definition) is 5. The number of fused-ring (bicyclic) bond motifs is 1. The maximum absolute atomic E-state index is 4.62. The highest BCUT2D eigenvalue weighted by atomic mass is 15.0. The molecule has 112 valence electrons. The number of nitrogens with one attached hydrogen (secondary N) is 1. The van der Waals surface area contributed by atoms with Crippen molar-refractivity contribution in [3.63, 3.8) is 0 Å². The van der Waals surface area contributed by atoms with Gasteiger partial charge in [0, 0.05) is 36.0 Å². The molecule has 0 unspecified atom stereocenters. The van der Waals surface area contributed by atoms with Crippen LogP contribution in [0.15, 0.2) is 74.4 Å². The summed E-state index contributed by atoms with van der Waals surface area (Å²) in [6, 6.07) is 5.60. The molecule has 0 radical (unpaired) electrons. The third kappa shape index (κ3) is 3.13. The number of aromatic nitrogens is 4. The van der Waals surface area contributed by atoms with E-state index in [-0.39, 0.29) is 0 Å². The predicted molar refractivity (Wildman–Crippen MR) is 93.2 cm³/mol. The highest BCUT2D eigenvalue weighted by Crippen LogP contribution is 2.25. The lowest BCUT2D eigenvalue weighted by atomic mass is 10.2. The summed E-state index contributed by atoms with van der Waals surface area (Å²) in [6.45, 7) is 7.53. The highest BCUT2D eigenvalue weighted by molar-refractivity contribution is 5.91. The minimum atomic E-state index is 0.579. The van der Waals surface area contributed by atoms with Crippen LogP contribution in [0.5, 0.6) is 0 Å². The van der Waals surface area contributed by atoms with E-state index < -0.39 is 0 Å². The van der Waals surface area contributed by atoms with Crippen molar-refractivity contribution in [1.29, 1.82) is 0 Å². The molecule has 0 aromatic carbocycles. The largest absolute Gasteiger partial charge is 0.339 e. The molecule has 0 aliphatic rings. The molecule has 0 amide bonds. The Morgan fingerprint density at radius 3 is 2.52 bits per heavy atom. The van der Waals surface area contributed by atoms with E-state index in [1.807, 2.05) is 24.3 Å². The third-order valence-corrected chi connectivity index (χ3v) is 3.22. The second-order valence-corrected chi connectivity index (χ2v) is 4.71. The maximum Gasteiger partial charge on any atom is 0.162 e. The molecule has 3 heterocycles. The fourth-order valence-electron chi connectivity index (χ4n) is 2.13. The lowest BCUT2D eigenvalue weighted by Gasteiger charge is -2.10.